The molecule has 0 aliphatic carbocycles. The number of fused-ring (bicyclic) bond motifs is 2. The number of carbonyl (C=O) groups is 1. The minimum absolute atomic E-state index is 0.350. The third kappa shape index (κ3) is 2.81. The number of aromatic nitrogens is 2. The van der Waals surface area contributed by atoms with Gasteiger partial charge in [-0.15, -0.1) is 0 Å². The van der Waals surface area contributed by atoms with Gasteiger partial charge in [0.2, 0.25) is 11.8 Å². The second-order valence-corrected chi connectivity index (χ2v) is 5.92. The number of ether oxygens (including phenoxy) is 1. The number of hydrogen-bond acceptors (Lipinski definition) is 6. The van der Waals surface area contributed by atoms with Crippen molar-refractivity contribution < 1.29 is 18.4 Å². The first-order chi connectivity index (χ1) is 13.1. The highest BCUT2D eigenvalue weighted by Gasteiger charge is 2.19. The summed E-state index contributed by atoms with van der Waals surface area (Å²) < 4.78 is 16.5. The highest BCUT2D eigenvalue weighted by atomic mass is 16.5. The van der Waals surface area contributed by atoms with E-state index in [0.29, 0.717) is 45.1 Å². The molecule has 6 heteroatoms. The summed E-state index contributed by atoms with van der Waals surface area (Å²) in [7, 11) is 1.33. The molecule has 134 valence electrons. The van der Waals surface area contributed by atoms with E-state index in [1.807, 2.05) is 31.2 Å². The van der Waals surface area contributed by atoms with Crippen LogP contribution in [0.2, 0.25) is 0 Å². The normalized spacial score (nSPS) is 11.9. The van der Waals surface area contributed by atoms with E-state index in [0.717, 1.165) is 5.57 Å². The molecule has 0 radical (unpaired) electrons. The van der Waals surface area contributed by atoms with Crippen LogP contribution in [0.25, 0.3) is 39.2 Å². The van der Waals surface area contributed by atoms with E-state index in [1.54, 1.807) is 24.3 Å². The summed E-state index contributed by atoms with van der Waals surface area (Å²) in [5, 5.41) is 0. The van der Waals surface area contributed by atoms with Crippen LogP contribution in [-0.4, -0.2) is 23.0 Å². The molecule has 0 aliphatic rings. The number of methoxy groups -OCH3 is 1. The number of para-hydroxylation sites is 2. The van der Waals surface area contributed by atoms with Crippen LogP contribution >= 0.6 is 0 Å². The van der Waals surface area contributed by atoms with Crippen LogP contribution in [0.5, 0.6) is 0 Å². The van der Waals surface area contributed by atoms with Crippen molar-refractivity contribution in [1.29, 1.82) is 0 Å². The van der Waals surface area contributed by atoms with Crippen molar-refractivity contribution >= 4 is 33.7 Å². The fraction of sp³-hybridized carbons (Fsp3) is 0.0952. The number of esters is 1. The predicted molar refractivity (Wildman–Crippen MR) is 102 cm³/mol. The van der Waals surface area contributed by atoms with Crippen molar-refractivity contribution in [3.8, 4) is 11.5 Å². The Hall–Kier alpha value is -3.67. The first-order valence-electron chi connectivity index (χ1n) is 8.30. The SMILES string of the molecule is C=C/C=C(\C)c1nc2c(-c3nc4c(C(=O)OC)cccc4o3)cccc2o1. The third-order valence-electron chi connectivity index (χ3n) is 4.18. The lowest BCUT2D eigenvalue weighted by atomic mass is 10.2. The lowest BCUT2D eigenvalue weighted by Gasteiger charge is -1.97. The van der Waals surface area contributed by atoms with Crippen molar-refractivity contribution in [2.75, 3.05) is 7.11 Å². The van der Waals surface area contributed by atoms with E-state index in [1.165, 1.54) is 7.11 Å². The summed E-state index contributed by atoms with van der Waals surface area (Å²) in [6, 6.07) is 10.7. The van der Waals surface area contributed by atoms with Crippen molar-refractivity contribution in [2.24, 2.45) is 0 Å². The zero-order valence-corrected chi connectivity index (χ0v) is 14.9. The highest BCUT2D eigenvalue weighted by molar-refractivity contribution is 6.02. The van der Waals surface area contributed by atoms with Crippen LogP contribution in [0.3, 0.4) is 0 Å². The van der Waals surface area contributed by atoms with Crippen molar-refractivity contribution in [3.05, 3.63) is 66.6 Å². The first kappa shape index (κ1) is 16.8. The molecule has 0 saturated heterocycles. The molecule has 0 saturated carbocycles. The summed E-state index contributed by atoms with van der Waals surface area (Å²) in [5.74, 6) is 0.397. The van der Waals surface area contributed by atoms with Crippen LogP contribution < -0.4 is 0 Å². The number of nitrogens with zero attached hydrogens (tertiary/aromatic N) is 2. The maximum absolute atomic E-state index is 12.0. The molecule has 0 spiro atoms. The Bertz CT molecular complexity index is 1210. The van der Waals surface area contributed by atoms with Gasteiger partial charge in [0.25, 0.3) is 0 Å². The monoisotopic (exact) mass is 360 g/mol. The molecule has 0 fully saturated rings. The van der Waals surface area contributed by atoms with E-state index in [4.69, 9.17) is 13.6 Å². The van der Waals surface area contributed by atoms with Gasteiger partial charge in [-0.1, -0.05) is 30.9 Å². The number of oxazole rings is 2. The molecule has 0 bridgehead atoms. The zero-order chi connectivity index (χ0) is 19.0. The lowest BCUT2D eigenvalue weighted by Crippen LogP contribution is -2.01. The summed E-state index contributed by atoms with van der Waals surface area (Å²) in [6.45, 7) is 5.59. The Labute approximate surface area is 154 Å². The Balaban J connectivity index is 1.91. The van der Waals surface area contributed by atoms with Gasteiger partial charge >= 0.3 is 5.97 Å². The maximum Gasteiger partial charge on any atom is 0.340 e. The van der Waals surface area contributed by atoms with E-state index < -0.39 is 5.97 Å². The minimum Gasteiger partial charge on any atom is -0.465 e. The summed E-state index contributed by atoms with van der Waals surface area (Å²) in [5.41, 5.74) is 4.09. The molecular weight excluding hydrogens is 344 g/mol. The average Bonchev–Trinajstić information content (AvgIpc) is 3.31. The molecule has 4 rings (SSSR count). The molecule has 0 N–H and O–H groups in total. The molecule has 27 heavy (non-hydrogen) atoms. The van der Waals surface area contributed by atoms with Gasteiger partial charge in [0.05, 0.1) is 18.2 Å². The van der Waals surface area contributed by atoms with Gasteiger partial charge in [-0.3, -0.25) is 0 Å². The minimum atomic E-state index is -0.465. The summed E-state index contributed by atoms with van der Waals surface area (Å²) in [6.07, 6.45) is 3.51. The smallest absolute Gasteiger partial charge is 0.340 e. The van der Waals surface area contributed by atoms with Crippen molar-refractivity contribution in [1.82, 2.24) is 9.97 Å². The van der Waals surface area contributed by atoms with Crippen LogP contribution in [0.15, 0.2) is 64.0 Å². The molecule has 0 atom stereocenters. The molecule has 0 unspecified atom stereocenters. The molecule has 6 nitrogen and oxygen atoms in total. The van der Waals surface area contributed by atoms with Crippen LogP contribution in [0.4, 0.5) is 0 Å². The predicted octanol–water partition coefficient (Wildman–Crippen LogP) is 5.01. The largest absolute Gasteiger partial charge is 0.465 e. The van der Waals surface area contributed by atoms with Gasteiger partial charge in [-0.2, -0.15) is 0 Å². The van der Waals surface area contributed by atoms with Gasteiger partial charge in [0, 0.05) is 5.57 Å². The van der Waals surface area contributed by atoms with Crippen LogP contribution in [-0.2, 0) is 4.74 Å². The number of benzene rings is 2. The van der Waals surface area contributed by atoms with Gasteiger partial charge in [-0.25, -0.2) is 14.8 Å². The number of allylic oxidation sites excluding steroid dienone is 3. The van der Waals surface area contributed by atoms with E-state index in [2.05, 4.69) is 16.5 Å². The quantitative estimate of drug-likeness (QED) is 0.376. The fourth-order valence-corrected chi connectivity index (χ4v) is 2.88. The van der Waals surface area contributed by atoms with Crippen LogP contribution in [0, 0.1) is 0 Å². The fourth-order valence-electron chi connectivity index (χ4n) is 2.88. The second kappa shape index (κ2) is 6.57. The first-order valence-corrected chi connectivity index (χ1v) is 8.30. The van der Waals surface area contributed by atoms with Crippen molar-refractivity contribution in [2.45, 2.75) is 6.92 Å². The lowest BCUT2D eigenvalue weighted by molar-refractivity contribution is 0.0602. The number of rotatable bonds is 4. The van der Waals surface area contributed by atoms with Crippen LogP contribution in [0.1, 0.15) is 23.2 Å². The van der Waals surface area contributed by atoms with E-state index >= 15 is 0 Å². The maximum atomic E-state index is 12.0. The molecule has 2 aromatic carbocycles. The summed E-state index contributed by atoms with van der Waals surface area (Å²) >= 11 is 0. The Morgan fingerprint density at radius 2 is 1.81 bits per heavy atom. The third-order valence-corrected chi connectivity index (χ3v) is 4.18. The number of carbonyl (C=O) groups excluding carboxylic acids is 1. The zero-order valence-electron chi connectivity index (χ0n) is 14.9. The molecular formula is C21H16N2O4. The van der Waals surface area contributed by atoms with Gasteiger partial charge in [0.15, 0.2) is 11.2 Å². The van der Waals surface area contributed by atoms with E-state index in [9.17, 15) is 4.79 Å². The standard InChI is InChI=1S/C21H16N2O4/c1-4-7-12(2)19-22-17-13(8-5-10-15(17)26-19)20-23-18-14(21(24)25-3)9-6-11-16(18)27-20/h4-11H,1H2,2-3H3/b12-7+. The van der Waals surface area contributed by atoms with Crippen molar-refractivity contribution in [3.63, 3.8) is 0 Å². The Morgan fingerprint density at radius 3 is 2.56 bits per heavy atom. The average molecular weight is 360 g/mol. The van der Waals surface area contributed by atoms with Gasteiger partial charge < -0.3 is 13.6 Å². The second-order valence-electron chi connectivity index (χ2n) is 5.92. The Morgan fingerprint density at radius 1 is 1.07 bits per heavy atom. The Kier molecular flexibility index (Phi) is 4.08. The highest BCUT2D eigenvalue weighted by Crippen LogP contribution is 2.32. The topological polar surface area (TPSA) is 78.4 Å². The van der Waals surface area contributed by atoms with Gasteiger partial charge in [0.1, 0.15) is 11.0 Å². The molecule has 2 aromatic heterocycles. The number of hydrogen-bond donors (Lipinski definition) is 0. The molecule has 0 aliphatic heterocycles. The van der Waals surface area contributed by atoms with Gasteiger partial charge in [-0.05, 0) is 31.2 Å². The summed E-state index contributed by atoms with van der Waals surface area (Å²) in [4.78, 5) is 21.1. The molecule has 4 aromatic rings. The molecule has 0 amide bonds. The van der Waals surface area contributed by atoms with E-state index in [-0.39, 0.29) is 0 Å². The molecule has 2 heterocycles.